The molecule has 0 bridgehead atoms. The molecule has 1 aliphatic rings. The number of likely N-dealkylation sites (tertiary alicyclic amines) is 1. The van der Waals surface area contributed by atoms with E-state index in [1.54, 1.807) is 16.2 Å². The van der Waals surface area contributed by atoms with Crippen molar-refractivity contribution in [1.29, 1.82) is 0 Å². The van der Waals surface area contributed by atoms with Gasteiger partial charge >= 0.3 is 0 Å². The molecule has 0 radical (unpaired) electrons. The zero-order valence-corrected chi connectivity index (χ0v) is 15.0. The molecule has 8 heteroatoms. The molecule has 7 nitrogen and oxygen atoms in total. The number of nitrogens with one attached hydrogen (secondary N) is 1. The van der Waals surface area contributed by atoms with E-state index in [4.69, 9.17) is 4.52 Å². The maximum absolute atomic E-state index is 12.9. The van der Waals surface area contributed by atoms with Gasteiger partial charge in [0.1, 0.15) is 6.04 Å². The van der Waals surface area contributed by atoms with Gasteiger partial charge in [0.25, 0.3) is 5.91 Å². The first kappa shape index (κ1) is 16.0. The minimum atomic E-state index is -0.163. The number of aryl methyl sites for hydroxylation is 2. The Balaban J connectivity index is 1.56. The van der Waals surface area contributed by atoms with Gasteiger partial charge in [-0.2, -0.15) is 10.1 Å². The van der Waals surface area contributed by atoms with Crippen LogP contribution in [0.15, 0.2) is 22.7 Å². The number of carbonyl (C=O) groups is 1. The first-order valence-corrected chi connectivity index (χ1v) is 9.23. The van der Waals surface area contributed by atoms with E-state index >= 15 is 0 Å². The molecular formula is C17H19N5O2S. The highest BCUT2D eigenvalue weighted by Gasteiger charge is 2.35. The molecule has 0 spiro atoms. The molecular weight excluding hydrogens is 338 g/mol. The minimum Gasteiger partial charge on any atom is -0.337 e. The SMILES string of the molecule is CCc1noc([C@@H]2CCCN2C(=O)c2cc(-c3ccc(C)s3)[nH]n2)n1. The average molecular weight is 357 g/mol. The van der Waals surface area contributed by atoms with Crippen LogP contribution in [0, 0.1) is 6.92 Å². The monoisotopic (exact) mass is 357 g/mol. The Morgan fingerprint density at radius 1 is 1.48 bits per heavy atom. The van der Waals surface area contributed by atoms with Crippen molar-refractivity contribution >= 4 is 17.2 Å². The van der Waals surface area contributed by atoms with Gasteiger partial charge in [-0.25, -0.2) is 0 Å². The van der Waals surface area contributed by atoms with Crippen LogP contribution in [0.2, 0.25) is 0 Å². The maximum Gasteiger partial charge on any atom is 0.275 e. The van der Waals surface area contributed by atoms with Gasteiger partial charge in [0.2, 0.25) is 5.89 Å². The number of hydrogen-bond acceptors (Lipinski definition) is 6. The van der Waals surface area contributed by atoms with E-state index in [1.807, 2.05) is 19.1 Å². The lowest BCUT2D eigenvalue weighted by Crippen LogP contribution is -2.31. The summed E-state index contributed by atoms with van der Waals surface area (Å²) < 4.78 is 5.35. The van der Waals surface area contributed by atoms with Crippen molar-refractivity contribution in [2.75, 3.05) is 6.54 Å². The Morgan fingerprint density at radius 2 is 2.36 bits per heavy atom. The number of thiophene rings is 1. The molecule has 1 fully saturated rings. The minimum absolute atomic E-state index is 0.102. The molecule has 4 heterocycles. The highest BCUT2D eigenvalue weighted by molar-refractivity contribution is 7.15. The normalized spacial score (nSPS) is 17.4. The summed E-state index contributed by atoms with van der Waals surface area (Å²) in [5, 5.41) is 11.1. The highest BCUT2D eigenvalue weighted by atomic mass is 32.1. The number of H-pyrrole nitrogens is 1. The van der Waals surface area contributed by atoms with E-state index in [9.17, 15) is 4.79 Å². The predicted octanol–water partition coefficient (Wildman–Crippen LogP) is 3.37. The fourth-order valence-electron chi connectivity index (χ4n) is 3.10. The van der Waals surface area contributed by atoms with Crippen molar-refractivity contribution in [2.24, 2.45) is 0 Å². The fraction of sp³-hybridized carbons (Fsp3) is 0.412. The quantitative estimate of drug-likeness (QED) is 0.773. The highest BCUT2D eigenvalue weighted by Crippen LogP contribution is 2.33. The molecule has 1 amide bonds. The summed E-state index contributed by atoms with van der Waals surface area (Å²) in [6.07, 6.45) is 2.47. The van der Waals surface area contributed by atoms with Crippen molar-refractivity contribution in [3.8, 4) is 10.6 Å². The lowest BCUT2D eigenvalue weighted by molar-refractivity contribution is 0.0704. The number of nitrogens with zero attached hydrogens (tertiary/aromatic N) is 4. The van der Waals surface area contributed by atoms with Crippen LogP contribution < -0.4 is 0 Å². The third-order valence-electron chi connectivity index (χ3n) is 4.40. The summed E-state index contributed by atoms with van der Waals surface area (Å²) in [7, 11) is 0. The second-order valence-electron chi connectivity index (χ2n) is 6.14. The molecule has 4 rings (SSSR count). The first-order chi connectivity index (χ1) is 12.2. The van der Waals surface area contributed by atoms with Crippen molar-refractivity contribution in [3.05, 3.63) is 40.5 Å². The Kier molecular flexibility index (Phi) is 4.12. The van der Waals surface area contributed by atoms with E-state index in [0.717, 1.165) is 23.4 Å². The summed E-state index contributed by atoms with van der Waals surface area (Å²) in [4.78, 5) is 21.4. The molecule has 1 atom stereocenters. The number of hydrogen-bond donors (Lipinski definition) is 1. The van der Waals surface area contributed by atoms with Crippen LogP contribution in [0.25, 0.3) is 10.6 Å². The number of aromatic amines is 1. The van der Waals surface area contributed by atoms with Crippen molar-refractivity contribution in [3.63, 3.8) is 0 Å². The lowest BCUT2D eigenvalue weighted by atomic mass is 10.2. The van der Waals surface area contributed by atoms with Gasteiger partial charge < -0.3 is 9.42 Å². The first-order valence-electron chi connectivity index (χ1n) is 8.41. The van der Waals surface area contributed by atoms with E-state index in [-0.39, 0.29) is 11.9 Å². The third kappa shape index (κ3) is 2.97. The van der Waals surface area contributed by atoms with E-state index in [2.05, 4.69) is 33.3 Å². The van der Waals surface area contributed by atoms with Gasteiger partial charge in [-0.1, -0.05) is 12.1 Å². The van der Waals surface area contributed by atoms with Crippen LogP contribution in [0.3, 0.4) is 0 Å². The maximum atomic E-state index is 12.9. The zero-order valence-electron chi connectivity index (χ0n) is 14.2. The summed E-state index contributed by atoms with van der Waals surface area (Å²) in [5.74, 6) is 1.09. The Morgan fingerprint density at radius 3 is 3.08 bits per heavy atom. The van der Waals surface area contributed by atoms with Crippen molar-refractivity contribution in [1.82, 2.24) is 25.2 Å². The molecule has 0 unspecified atom stereocenters. The second kappa shape index (κ2) is 6.44. The standard InChI is InChI=1S/C17H19N5O2S/c1-3-15-18-16(24-21-15)13-5-4-8-22(13)17(23)12-9-11(19-20-12)14-7-6-10(2)25-14/h6-7,9,13H,3-5,8H2,1-2H3,(H,19,20)/t13-/m0/s1. The Bertz CT molecular complexity index is 896. The zero-order chi connectivity index (χ0) is 17.4. The number of amides is 1. The van der Waals surface area contributed by atoms with Crippen molar-refractivity contribution < 1.29 is 9.32 Å². The summed E-state index contributed by atoms with van der Waals surface area (Å²) in [5.41, 5.74) is 1.28. The van der Waals surface area contributed by atoms with Gasteiger partial charge in [0.05, 0.1) is 10.6 Å². The molecule has 130 valence electrons. The van der Waals surface area contributed by atoms with Crippen molar-refractivity contribution in [2.45, 2.75) is 39.2 Å². The Hall–Kier alpha value is -2.48. The van der Waals surface area contributed by atoms with Crippen LogP contribution in [0.5, 0.6) is 0 Å². The third-order valence-corrected chi connectivity index (χ3v) is 5.44. The van der Waals surface area contributed by atoms with Crippen LogP contribution in [-0.4, -0.2) is 37.7 Å². The molecule has 3 aromatic rings. The topological polar surface area (TPSA) is 87.9 Å². The fourth-order valence-corrected chi connectivity index (χ4v) is 3.93. The van der Waals surface area contributed by atoms with Crippen LogP contribution in [0.1, 0.15) is 52.9 Å². The molecule has 3 aromatic heterocycles. The largest absolute Gasteiger partial charge is 0.337 e. The van der Waals surface area contributed by atoms with Gasteiger partial charge in [-0.05, 0) is 38.0 Å². The van der Waals surface area contributed by atoms with Crippen LogP contribution >= 0.6 is 11.3 Å². The number of aromatic nitrogens is 4. The predicted molar refractivity (Wildman–Crippen MR) is 93.3 cm³/mol. The second-order valence-corrected chi connectivity index (χ2v) is 7.42. The summed E-state index contributed by atoms with van der Waals surface area (Å²) in [6, 6.07) is 5.74. The number of rotatable bonds is 4. The van der Waals surface area contributed by atoms with Gasteiger partial charge in [0, 0.05) is 17.8 Å². The number of carbonyl (C=O) groups excluding carboxylic acids is 1. The summed E-state index contributed by atoms with van der Waals surface area (Å²) in [6.45, 7) is 4.71. The molecule has 1 N–H and O–H groups in total. The van der Waals surface area contributed by atoms with Crippen LogP contribution in [0.4, 0.5) is 0 Å². The van der Waals surface area contributed by atoms with E-state index in [1.165, 1.54) is 4.88 Å². The van der Waals surface area contributed by atoms with Gasteiger partial charge in [0.15, 0.2) is 11.5 Å². The van der Waals surface area contributed by atoms with Crippen LogP contribution in [-0.2, 0) is 6.42 Å². The molecule has 1 saturated heterocycles. The molecule has 25 heavy (non-hydrogen) atoms. The Labute approximate surface area is 149 Å². The smallest absolute Gasteiger partial charge is 0.275 e. The molecule has 0 aliphatic carbocycles. The van der Waals surface area contributed by atoms with E-state index < -0.39 is 0 Å². The lowest BCUT2D eigenvalue weighted by Gasteiger charge is -2.20. The average Bonchev–Trinajstić information content (AvgIpc) is 3.37. The van der Waals surface area contributed by atoms with Gasteiger partial charge in [-0.3, -0.25) is 9.89 Å². The molecule has 0 saturated carbocycles. The summed E-state index contributed by atoms with van der Waals surface area (Å²) >= 11 is 1.67. The molecule has 0 aromatic carbocycles. The van der Waals surface area contributed by atoms with E-state index in [0.29, 0.717) is 30.4 Å². The van der Waals surface area contributed by atoms with Gasteiger partial charge in [-0.15, -0.1) is 11.3 Å². The molecule has 1 aliphatic heterocycles.